The summed E-state index contributed by atoms with van der Waals surface area (Å²) in [5, 5.41) is 4.43. The van der Waals surface area contributed by atoms with Crippen LogP contribution >= 0.6 is 0 Å². The van der Waals surface area contributed by atoms with Gasteiger partial charge in [0.2, 0.25) is 5.95 Å². The van der Waals surface area contributed by atoms with Gasteiger partial charge in [-0.05, 0) is 24.3 Å². The molecular weight excluding hydrogens is 288 g/mol. The maximum Gasteiger partial charge on any atom is 0.236 e. The fourth-order valence-electron chi connectivity index (χ4n) is 2.52. The number of aromatic amines is 1. The van der Waals surface area contributed by atoms with Crippen LogP contribution < -0.4 is 5.32 Å². The van der Waals surface area contributed by atoms with Crippen LogP contribution in [0.1, 0.15) is 5.69 Å². The fourth-order valence-corrected chi connectivity index (χ4v) is 2.52. The topological polar surface area (TPSA) is 71.4 Å². The van der Waals surface area contributed by atoms with E-state index in [2.05, 4.69) is 25.3 Å². The number of nitrogens with zero attached hydrogens (tertiary/aromatic N) is 4. The Hall–Kier alpha value is -3.15. The largest absolute Gasteiger partial charge is 0.369 e. The van der Waals surface area contributed by atoms with Crippen LogP contribution in [0.25, 0.3) is 16.9 Å². The van der Waals surface area contributed by atoms with Gasteiger partial charge in [0.25, 0.3) is 0 Å². The average Bonchev–Trinajstić information content (AvgIpc) is 3.28. The van der Waals surface area contributed by atoms with E-state index in [0.717, 1.165) is 35.4 Å². The highest BCUT2D eigenvalue weighted by molar-refractivity contribution is 5.89. The first-order valence-electron chi connectivity index (χ1n) is 7.52. The zero-order valence-electron chi connectivity index (χ0n) is 12.5. The molecule has 1 aromatic carbocycles. The van der Waals surface area contributed by atoms with Crippen LogP contribution in [0.15, 0.2) is 61.3 Å². The standard InChI is InChI=1S/C17H16N6/c1-2-6-15-14(5-1)16(19-8-7-13-11-18-12-20-13)22-17(21-15)23-9-3-4-10-23/h1-6,9-12H,7-8H2,(H,18,20)(H,19,21,22). The summed E-state index contributed by atoms with van der Waals surface area (Å²) in [7, 11) is 0. The smallest absolute Gasteiger partial charge is 0.236 e. The zero-order valence-corrected chi connectivity index (χ0v) is 12.5. The monoisotopic (exact) mass is 304 g/mol. The van der Waals surface area contributed by atoms with Crippen molar-refractivity contribution < 1.29 is 0 Å². The second kappa shape index (κ2) is 5.92. The first kappa shape index (κ1) is 13.5. The SMILES string of the molecule is c1ccc2c(NCCc3c[nH]cn3)nc(-n3cccc3)nc2c1. The number of rotatable bonds is 5. The summed E-state index contributed by atoms with van der Waals surface area (Å²) < 4.78 is 1.91. The summed E-state index contributed by atoms with van der Waals surface area (Å²) in [6.07, 6.45) is 8.32. The summed E-state index contributed by atoms with van der Waals surface area (Å²) >= 11 is 0. The van der Waals surface area contributed by atoms with Crippen molar-refractivity contribution in [1.29, 1.82) is 0 Å². The third kappa shape index (κ3) is 2.78. The molecule has 0 saturated heterocycles. The van der Waals surface area contributed by atoms with E-state index < -0.39 is 0 Å². The molecule has 4 rings (SSSR count). The van der Waals surface area contributed by atoms with Crippen molar-refractivity contribution in [2.75, 3.05) is 11.9 Å². The second-order valence-electron chi connectivity index (χ2n) is 5.22. The van der Waals surface area contributed by atoms with Crippen LogP contribution in [0.4, 0.5) is 5.82 Å². The van der Waals surface area contributed by atoms with Crippen molar-refractivity contribution in [1.82, 2.24) is 24.5 Å². The minimum Gasteiger partial charge on any atom is -0.369 e. The van der Waals surface area contributed by atoms with Crippen molar-refractivity contribution in [3.63, 3.8) is 0 Å². The lowest BCUT2D eigenvalue weighted by molar-refractivity contribution is 0.932. The number of hydrogen-bond donors (Lipinski definition) is 2. The molecule has 0 spiro atoms. The lowest BCUT2D eigenvalue weighted by atomic mass is 10.2. The summed E-state index contributed by atoms with van der Waals surface area (Å²) in [6.45, 7) is 0.761. The average molecular weight is 304 g/mol. The quantitative estimate of drug-likeness (QED) is 0.595. The molecule has 2 N–H and O–H groups in total. The van der Waals surface area contributed by atoms with Crippen LogP contribution in [-0.2, 0) is 6.42 Å². The molecule has 6 heteroatoms. The van der Waals surface area contributed by atoms with E-state index >= 15 is 0 Å². The van der Waals surface area contributed by atoms with Crippen molar-refractivity contribution in [3.8, 4) is 5.95 Å². The lowest BCUT2D eigenvalue weighted by Gasteiger charge is -2.10. The van der Waals surface area contributed by atoms with Crippen molar-refractivity contribution in [2.24, 2.45) is 0 Å². The minimum atomic E-state index is 0.663. The Labute approximate surface area is 133 Å². The van der Waals surface area contributed by atoms with E-state index in [1.54, 1.807) is 6.33 Å². The molecule has 0 aliphatic carbocycles. The van der Waals surface area contributed by atoms with Gasteiger partial charge in [-0.2, -0.15) is 4.98 Å². The molecule has 3 aromatic heterocycles. The predicted octanol–water partition coefficient (Wildman–Crippen LogP) is 2.80. The zero-order chi connectivity index (χ0) is 15.5. The highest BCUT2D eigenvalue weighted by atomic mass is 15.2. The summed E-state index contributed by atoms with van der Waals surface area (Å²) in [5.74, 6) is 1.51. The third-order valence-electron chi connectivity index (χ3n) is 3.66. The summed E-state index contributed by atoms with van der Waals surface area (Å²) in [6, 6.07) is 11.9. The Kier molecular flexibility index (Phi) is 3.48. The maximum absolute atomic E-state index is 4.67. The van der Waals surface area contributed by atoms with Gasteiger partial charge in [-0.25, -0.2) is 9.97 Å². The number of aromatic nitrogens is 5. The first-order chi connectivity index (χ1) is 11.4. The Morgan fingerprint density at radius 3 is 2.74 bits per heavy atom. The van der Waals surface area contributed by atoms with Gasteiger partial charge in [0.15, 0.2) is 0 Å². The van der Waals surface area contributed by atoms with Crippen molar-refractivity contribution in [2.45, 2.75) is 6.42 Å². The van der Waals surface area contributed by atoms with Gasteiger partial charge in [0.05, 0.1) is 17.5 Å². The maximum atomic E-state index is 4.67. The molecule has 23 heavy (non-hydrogen) atoms. The molecule has 0 unspecified atom stereocenters. The third-order valence-corrected chi connectivity index (χ3v) is 3.66. The van der Waals surface area contributed by atoms with Gasteiger partial charge in [-0.1, -0.05) is 12.1 Å². The molecule has 0 saturated carbocycles. The Morgan fingerprint density at radius 1 is 1.04 bits per heavy atom. The van der Waals surface area contributed by atoms with E-state index in [1.807, 2.05) is 59.6 Å². The molecule has 0 amide bonds. The summed E-state index contributed by atoms with van der Waals surface area (Å²) in [5.41, 5.74) is 1.95. The number of anilines is 1. The van der Waals surface area contributed by atoms with Crippen LogP contribution in [0.5, 0.6) is 0 Å². The lowest BCUT2D eigenvalue weighted by Crippen LogP contribution is -2.09. The number of fused-ring (bicyclic) bond motifs is 1. The minimum absolute atomic E-state index is 0.663. The Bertz CT molecular complexity index is 896. The molecule has 0 fully saturated rings. The Morgan fingerprint density at radius 2 is 1.91 bits per heavy atom. The van der Waals surface area contributed by atoms with E-state index in [-0.39, 0.29) is 0 Å². The number of imidazole rings is 1. The fraction of sp³-hybridized carbons (Fsp3) is 0.118. The molecule has 6 nitrogen and oxygen atoms in total. The van der Waals surface area contributed by atoms with Gasteiger partial charge < -0.3 is 10.3 Å². The van der Waals surface area contributed by atoms with Gasteiger partial charge in [-0.3, -0.25) is 4.57 Å². The molecule has 3 heterocycles. The van der Waals surface area contributed by atoms with E-state index in [9.17, 15) is 0 Å². The molecule has 0 aliphatic heterocycles. The van der Waals surface area contributed by atoms with Crippen molar-refractivity contribution >= 4 is 16.7 Å². The summed E-state index contributed by atoms with van der Waals surface area (Å²) in [4.78, 5) is 16.5. The molecular formula is C17H16N6. The van der Waals surface area contributed by atoms with Crippen LogP contribution in [0, 0.1) is 0 Å². The number of para-hydroxylation sites is 1. The number of H-pyrrole nitrogens is 1. The first-order valence-corrected chi connectivity index (χ1v) is 7.52. The second-order valence-corrected chi connectivity index (χ2v) is 5.22. The highest BCUT2D eigenvalue weighted by Gasteiger charge is 2.08. The van der Waals surface area contributed by atoms with Crippen LogP contribution in [-0.4, -0.2) is 31.0 Å². The molecule has 0 atom stereocenters. The predicted molar refractivity (Wildman–Crippen MR) is 89.6 cm³/mol. The number of benzene rings is 1. The van der Waals surface area contributed by atoms with Gasteiger partial charge in [-0.15, -0.1) is 0 Å². The number of nitrogens with one attached hydrogen (secondary N) is 2. The molecule has 0 bridgehead atoms. The molecule has 4 aromatic rings. The van der Waals surface area contributed by atoms with Gasteiger partial charge in [0, 0.05) is 36.9 Å². The molecule has 114 valence electrons. The van der Waals surface area contributed by atoms with E-state index in [4.69, 9.17) is 0 Å². The molecule has 0 aliphatic rings. The Balaban J connectivity index is 1.66. The molecule has 0 radical (unpaired) electrons. The van der Waals surface area contributed by atoms with Crippen LogP contribution in [0.3, 0.4) is 0 Å². The van der Waals surface area contributed by atoms with E-state index in [1.165, 1.54) is 0 Å². The normalized spacial score (nSPS) is 11.0. The van der Waals surface area contributed by atoms with Gasteiger partial charge in [0.1, 0.15) is 5.82 Å². The van der Waals surface area contributed by atoms with Gasteiger partial charge >= 0.3 is 0 Å². The van der Waals surface area contributed by atoms with Crippen molar-refractivity contribution in [3.05, 3.63) is 67.0 Å². The highest BCUT2D eigenvalue weighted by Crippen LogP contribution is 2.21. The number of hydrogen-bond acceptors (Lipinski definition) is 4. The van der Waals surface area contributed by atoms with Crippen LogP contribution in [0.2, 0.25) is 0 Å². The van der Waals surface area contributed by atoms with E-state index in [0.29, 0.717) is 5.95 Å².